The van der Waals surface area contributed by atoms with E-state index in [2.05, 4.69) is 15.6 Å². The molecule has 0 saturated heterocycles. The maximum Gasteiger partial charge on any atom is 0.313 e. The van der Waals surface area contributed by atoms with Gasteiger partial charge in [0.05, 0.1) is 11.2 Å². The zero-order valence-corrected chi connectivity index (χ0v) is 15.1. The Morgan fingerprint density at radius 2 is 1.70 bits per heavy atom. The van der Waals surface area contributed by atoms with E-state index in [-0.39, 0.29) is 12.4 Å². The van der Waals surface area contributed by atoms with Gasteiger partial charge in [0.2, 0.25) is 0 Å². The summed E-state index contributed by atoms with van der Waals surface area (Å²) < 4.78 is 13.1. The summed E-state index contributed by atoms with van der Waals surface area (Å²) in [7, 11) is 0. The molecule has 2 N–H and O–H groups in total. The van der Waals surface area contributed by atoms with E-state index in [1.807, 2.05) is 26.0 Å². The van der Waals surface area contributed by atoms with Crippen molar-refractivity contribution < 1.29 is 14.0 Å². The minimum Gasteiger partial charge on any atom is -0.347 e. The number of rotatable bonds is 4. The molecule has 0 unspecified atom stereocenters. The third-order valence-electron chi connectivity index (χ3n) is 4.40. The molecule has 2 amide bonds. The summed E-state index contributed by atoms with van der Waals surface area (Å²) in [6.45, 7) is 4.05. The molecule has 6 heteroatoms. The van der Waals surface area contributed by atoms with Crippen LogP contribution < -0.4 is 10.6 Å². The summed E-state index contributed by atoms with van der Waals surface area (Å²) in [6, 6.07) is 15.1. The van der Waals surface area contributed by atoms with E-state index in [4.69, 9.17) is 0 Å². The zero-order chi connectivity index (χ0) is 19.4. The number of halogens is 1. The molecule has 1 heterocycles. The van der Waals surface area contributed by atoms with Crippen LogP contribution in [-0.4, -0.2) is 23.3 Å². The number of nitrogens with zero attached hydrogens (tertiary/aromatic N) is 1. The number of benzene rings is 2. The first-order valence-corrected chi connectivity index (χ1v) is 8.56. The third kappa shape index (κ3) is 4.28. The summed E-state index contributed by atoms with van der Waals surface area (Å²) in [5.74, 6) is -1.82. The van der Waals surface area contributed by atoms with E-state index in [0.29, 0.717) is 11.2 Å². The zero-order valence-electron chi connectivity index (χ0n) is 15.1. The number of amides is 2. The van der Waals surface area contributed by atoms with E-state index >= 15 is 0 Å². The fraction of sp³-hybridized carbons (Fsp3) is 0.190. The maximum atomic E-state index is 13.1. The fourth-order valence-electron chi connectivity index (χ4n) is 2.77. The fourth-order valence-corrected chi connectivity index (χ4v) is 2.77. The minimum absolute atomic E-state index is 0.235. The first-order valence-electron chi connectivity index (χ1n) is 8.56. The second-order valence-electron chi connectivity index (χ2n) is 6.91. The molecule has 0 bridgehead atoms. The smallest absolute Gasteiger partial charge is 0.313 e. The van der Waals surface area contributed by atoms with Crippen molar-refractivity contribution in [3.8, 4) is 0 Å². The number of carbonyl (C=O) groups excluding carboxylic acids is 2. The van der Waals surface area contributed by atoms with E-state index in [9.17, 15) is 14.0 Å². The van der Waals surface area contributed by atoms with Gasteiger partial charge in [0.25, 0.3) is 0 Å². The molecule has 0 radical (unpaired) electrons. The van der Waals surface area contributed by atoms with Gasteiger partial charge in [-0.25, -0.2) is 4.39 Å². The van der Waals surface area contributed by atoms with Crippen LogP contribution in [0.5, 0.6) is 0 Å². The molecule has 0 aliphatic carbocycles. The van der Waals surface area contributed by atoms with Crippen LogP contribution in [0.25, 0.3) is 10.9 Å². The molecule has 2 aromatic carbocycles. The Hall–Kier alpha value is -3.28. The van der Waals surface area contributed by atoms with E-state index in [1.165, 1.54) is 12.1 Å². The highest BCUT2D eigenvalue weighted by Gasteiger charge is 2.23. The SMILES string of the molecule is CC(C)(CNC(=O)C(=O)Nc1cccc2cccnc12)c1ccc(F)cc1. The van der Waals surface area contributed by atoms with Crippen molar-refractivity contribution >= 4 is 28.4 Å². The van der Waals surface area contributed by atoms with Crippen LogP contribution in [-0.2, 0) is 15.0 Å². The van der Waals surface area contributed by atoms with Crippen molar-refractivity contribution in [1.82, 2.24) is 10.3 Å². The third-order valence-corrected chi connectivity index (χ3v) is 4.40. The Labute approximate surface area is 156 Å². The van der Waals surface area contributed by atoms with Gasteiger partial charge in [-0.3, -0.25) is 14.6 Å². The van der Waals surface area contributed by atoms with Gasteiger partial charge in [-0.2, -0.15) is 0 Å². The number of hydrogen-bond donors (Lipinski definition) is 2. The number of aromatic nitrogens is 1. The van der Waals surface area contributed by atoms with Gasteiger partial charge in [0.15, 0.2) is 0 Å². The summed E-state index contributed by atoms with van der Waals surface area (Å²) in [5.41, 5.74) is 1.51. The molecule has 0 aliphatic heterocycles. The van der Waals surface area contributed by atoms with Gasteiger partial charge in [0.1, 0.15) is 5.82 Å². The highest BCUT2D eigenvalue weighted by Crippen LogP contribution is 2.23. The lowest BCUT2D eigenvalue weighted by molar-refractivity contribution is -0.136. The average Bonchev–Trinajstić information content (AvgIpc) is 2.67. The topological polar surface area (TPSA) is 71.1 Å². The molecular formula is C21H20FN3O2. The van der Waals surface area contributed by atoms with Crippen LogP contribution in [0.4, 0.5) is 10.1 Å². The number of carbonyl (C=O) groups is 2. The molecule has 1 aromatic heterocycles. The van der Waals surface area contributed by atoms with Crippen molar-refractivity contribution in [3.63, 3.8) is 0 Å². The normalized spacial score (nSPS) is 11.2. The first kappa shape index (κ1) is 18.5. The summed E-state index contributed by atoms with van der Waals surface area (Å²) >= 11 is 0. The largest absolute Gasteiger partial charge is 0.347 e. The van der Waals surface area contributed by atoms with Crippen LogP contribution in [0.2, 0.25) is 0 Å². The molecule has 0 spiro atoms. The Bertz CT molecular complexity index is 979. The van der Waals surface area contributed by atoms with Crippen LogP contribution in [0.1, 0.15) is 19.4 Å². The van der Waals surface area contributed by atoms with Crippen molar-refractivity contribution in [1.29, 1.82) is 0 Å². The van der Waals surface area contributed by atoms with Gasteiger partial charge in [0, 0.05) is 23.5 Å². The van der Waals surface area contributed by atoms with Gasteiger partial charge in [-0.05, 0) is 29.8 Å². The lowest BCUT2D eigenvalue weighted by atomic mass is 9.84. The number of fused-ring (bicyclic) bond motifs is 1. The predicted octanol–water partition coefficient (Wildman–Crippen LogP) is 3.41. The Morgan fingerprint density at radius 1 is 1.00 bits per heavy atom. The quantitative estimate of drug-likeness (QED) is 0.696. The summed E-state index contributed by atoms with van der Waals surface area (Å²) in [4.78, 5) is 28.7. The molecule has 0 aliphatic rings. The molecule has 0 saturated carbocycles. The second kappa shape index (κ2) is 7.53. The number of pyridine rings is 1. The van der Waals surface area contributed by atoms with Gasteiger partial charge < -0.3 is 10.6 Å². The highest BCUT2D eigenvalue weighted by atomic mass is 19.1. The predicted molar refractivity (Wildman–Crippen MR) is 103 cm³/mol. The number of anilines is 1. The monoisotopic (exact) mass is 365 g/mol. The van der Waals surface area contributed by atoms with Crippen molar-refractivity contribution in [3.05, 3.63) is 72.2 Å². The number of nitrogens with one attached hydrogen (secondary N) is 2. The summed E-state index contributed by atoms with van der Waals surface area (Å²) in [6.07, 6.45) is 1.63. The van der Waals surface area contributed by atoms with Crippen molar-refractivity contribution in [2.24, 2.45) is 0 Å². The highest BCUT2D eigenvalue weighted by molar-refractivity contribution is 6.40. The molecule has 5 nitrogen and oxygen atoms in total. The molecule has 0 atom stereocenters. The first-order chi connectivity index (χ1) is 12.9. The maximum absolute atomic E-state index is 13.1. The van der Waals surface area contributed by atoms with E-state index in [1.54, 1.807) is 36.5 Å². The van der Waals surface area contributed by atoms with Gasteiger partial charge >= 0.3 is 11.8 Å². The van der Waals surface area contributed by atoms with Crippen LogP contribution in [0, 0.1) is 5.82 Å². The number of hydrogen-bond acceptors (Lipinski definition) is 3. The average molecular weight is 365 g/mol. The molecule has 0 fully saturated rings. The summed E-state index contributed by atoms with van der Waals surface area (Å²) in [5, 5.41) is 6.11. The van der Waals surface area contributed by atoms with Crippen LogP contribution in [0.15, 0.2) is 60.8 Å². The van der Waals surface area contributed by atoms with Gasteiger partial charge in [-0.15, -0.1) is 0 Å². The Kier molecular flexibility index (Phi) is 5.16. The standard InChI is InChI=1S/C21H20FN3O2/c1-21(2,15-8-10-16(22)11-9-15)13-24-19(26)20(27)25-17-7-3-5-14-6-4-12-23-18(14)17/h3-12H,13H2,1-2H3,(H,24,26)(H,25,27). The van der Waals surface area contributed by atoms with Crippen LogP contribution in [0.3, 0.4) is 0 Å². The molecule has 27 heavy (non-hydrogen) atoms. The number of para-hydroxylation sites is 1. The van der Waals surface area contributed by atoms with E-state index in [0.717, 1.165) is 10.9 Å². The van der Waals surface area contributed by atoms with Crippen LogP contribution >= 0.6 is 0 Å². The minimum atomic E-state index is -0.761. The Balaban J connectivity index is 1.65. The molecule has 138 valence electrons. The molecular weight excluding hydrogens is 345 g/mol. The lowest BCUT2D eigenvalue weighted by Crippen LogP contribution is -2.42. The molecule has 3 aromatic rings. The molecule has 3 rings (SSSR count). The Morgan fingerprint density at radius 3 is 2.44 bits per heavy atom. The van der Waals surface area contributed by atoms with E-state index < -0.39 is 17.2 Å². The van der Waals surface area contributed by atoms with Gasteiger partial charge in [-0.1, -0.05) is 44.2 Å². The van der Waals surface area contributed by atoms with Crippen molar-refractivity contribution in [2.75, 3.05) is 11.9 Å². The lowest BCUT2D eigenvalue weighted by Gasteiger charge is -2.25. The second-order valence-corrected chi connectivity index (χ2v) is 6.91. The van der Waals surface area contributed by atoms with Crippen molar-refractivity contribution in [2.45, 2.75) is 19.3 Å².